The molecule has 1 aliphatic rings. The average Bonchev–Trinajstić information content (AvgIpc) is 2.97. The van der Waals surface area contributed by atoms with Crippen LogP contribution in [0.1, 0.15) is 31.2 Å². The summed E-state index contributed by atoms with van der Waals surface area (Å²) >= 11 is 1.47. The van der Waals surface area contributed by atoms with E-state index >= 15 is 0 Å². The van der Waals surface area contributed by atoms with Gasteiger partial charge in [-0.1, -0.05) is 30.5 Å². The second-order valence-corrected chi connectivity index (χ2v) is 6.50. The summed E-state index contributed by atoms with van der Waals surface area (Å²) in [6.07, 6.45) is 4.01. The van der Waals surface area contributed by atoms with Gasteiger partial charge in [0.05, 0.1) is 5.75 Å². The lowest BCUT2D eigenvalue weighted by atomic mass is 10.2. The maximum atomic E-state index is 12.3. The zero-order valence-corrected chi connectivity index (χ0v) is 13.1. The summed E-state index contributed by atoms with van der Waals surface area (Å²) < 4.78 is 0. The molecule has 21 heavy (non-hydrogen) atoms. The maximum absolute atomic E-state index is 12.3. The van der Waals surface area contributed by atoms with Crippen molar-refractivity contribution in [3.8, 4) is 0 Å². The first kappa shape index (κ1) is 15.9. The largest absolute Gasteiger partial charge is 0.480 e. The fraction of sp³-hybridized carbons (Fsp3) is 0.500. The number of hydrogen-bond acceptors (Lipinski definition) is 3. The Morgan fingerprint density at radius 1 is 1.24 bits per heavy atom. The van der Waals surface area contributed by atoms with Crippen LogP contribution >= 0.6 is 11.8 Å². The topological polar surface area (TPSA) is 57.6 Å². The number of aryl methyl sites for hydroxylation is 1. The number of benzene rings is 1. The van der Waals surface area contributed by atoms with Gasteiger partial charge in [0.25, 0.3) is 0 Å². The summed E-state index contributed by atoms with van der Waals surface area (Å²) in [7, 11) is 0. The Hall–Kier alpha value is -1.49. The molecule has 1 aromatic carbocycles. The summed E-state index contributed by atoms with van der Waals surface area (Å²) in [4.78, 5) is 25.9. The van der Waals surface area contributed by atoms with E-state index in [1.807, 2.05) is 31.2 Å². The van der Waals surface area contributed by atoms with Crippen LogP contribution in [0.15, 0.2) is 29.2 Å². The third kappa shape index (κ3) is 4.77. The van der Waals surface area contributed by atoms with Crippen LogP contribution < -0.4 is 0 Å². The fourth-order valence-corrected chi connectivity index (χ4v) is 3.43. The zero-order chi connectivity index (χ0) is 15.2. The first-order valence-electron chi connectivity index (χ1n) is 7.27. The Kier molecular flexibility index (Phi) is 5.67. The third-order valence-corrected chi connectivity index (χ3v) is 4.77. The Labute approximate surface area is 129 Å². The summed E-state index contributed by atoms with van der Waals surface area (Å²) in [5, 5.41) is 9.01. The van der Waals surface area contributed by atoms with Gasteiger partial charge >= 0.3 is 5.97 Å². The van der Waals surface area contributed by atoms with Gasteiger partial charge in [0.2, 0.25) is 5.91 Å². The Bertz CT molecular complexity index is 495. The second-order valence-electron chi connectivity index (χ2n) is 5.46. The minimum Gasteiger partial charge on any atom is -0.480 e. The Balaban J connectivity index is 1.94. The second kappa shape index (κ2) is 7.50. The summed E-state index contributed by atoms with van der Waals surface area (Å²) in [5.74, 6) is -0.710. The van der Waals surface area contributed by atoms with Crippen LogP contribution in [-0.4, -0.2) is 40.2 Å². The molecule has 0 radical (unpaired) electrons. The number of carboxylic acids is 1. The van der Waals surface area contributed by atoms with E-state index in [1.54, 1.807) is 4.90 Å². The maximum Gasteiger partial charge on any atom is 0.323 e. The SMILES string of the molecule is Cc1ccc(SCC(=O)N(CC(=O)O)C2CCCC2)cc1. The molecule has 0 saturated heterocycles. The van der Waals surface area contributed by atoms with Gasteiger partial charge in [-0.3, -0.25) is 9.59 Å². The van der Waals surface area contributed by atoms with E-state index in [9.17, 15) is 9.59 Å². The molecule has 0 spiro atoms. The smallest absolute Gasteiger partial charge is 0.323 e. The first-order valence-corrected chi connectivity index (χ1v) is 8.25. The third-order valence-electron chi connectivity index (χ3n) is 3.77. The van der Waals surface area contributed by atoms with Crippen LogP contribution in [0.25, 0.3) is 0 Å². The molecule has 0 aliphatic heterocycles. The van der Waals surface area contributed by atoms with Gasteiger partial charge < -0.3 is 10.0 Å². The first-order chi connectivity index (χ1) is 10.1. The molecule has 1 saturated carbocycles. The molecule has 0 atom stereocenters. The van der Waals surface area contributed by atoms with Crippen molar-refractivity contribution < 1.29 is 14.7 Å². The highest BCUT2D eigenvalue weighted by molar-refractivity contribution is 8.00. The Morgan fingerprint density at radius 2 is 1.86 bits per heavy atom. The van der Waals surface area contributed by atoms with Crippen LogP contribution in [0.2, 0.25) is 0 Å². The van der Waals surface area contributed by atoms with Gasteiger partial charge in [0.15, 0.2) is 0 Å². The molecule has 1 amide bonds. The lowest BCUT2D eigenvalue weighted by molar-refractivity contribution is -0.145. The van der Waals surface area contributed by atoms with Crippen molar-refractivity contribution in [3.05, 3.63) is 29.8 Å². The van der Waals surface area contributed by atoms with Crippen molar-refractivity contribution in [2.45, 2.75) is 43.5 Å². The molecule has 4 nitrogen and oxygen atoms in total. The number of nitrogens with zero attached hydrogens (tertiary/aromatic N) is 1. The molecular formula is C16H21NO3S. The minimum atomic E-state index is -0.935. The highest BCUT2D eigenvalue weighted by Gasteiger charge is 2.28. The van der Waals surface area contributed by atoms with Crippen LogP contribution in [0, 0.1) is 6.92 Å². The molecule has 0 aromatic heterocycles. The summed E-state index contributed by atoms with van der Waals surface area (Å²) in [5.41, 5.74) is 1.18. The highest BCUT2D eigenvalue weighted by Crippen LogP contribution is 2.25. The van der Waals surface area contributed by atoms with Crippen molar-refractivity contribution in [2.24, 2.45) is 0 Å². The molecule has 0 unspecified atom stereocenters. The van der Waals surface area contributed by atoms with E-state index in [1.165, 1.54) is 17.3 Å². The van der Waals surface area contributed by atoms with E-state index < -0.39 is 5.97 Å². The van der Waals surface area contributed by atoms with Gasteiger partial charge in [-0.05, 0) is 31.9 Å². The summed E-state index contributed by atoms with van der Waals surface area (Å²) in [6, 6.07) is 8.11. The molecule has 1 fully saturated rings. The van der Waals surface area contributed by atoms with Crippen molar-refractivity contribution >= 4 is 23.6 Å². The van der Waals surface area contributed by atoms with Gasteiger partial charge in [0.1, 0.15) is 6.54 Å². The van der Waals surface area contributed by atoms with Crippen LogP contribution in [0.3, 0.4) is 0 Å². The number of carboxylic acid groups (broad SMARTS) is 1. The number of carbonyl (C=O) groups excluding carboxylic acids is 1. The van der Waals surface area contributed by atoms with Crippen molar-refractivity contribution in [2.75, 3.05) is 12.3 Å². The minimum absolute atomic E-state index is 0.0742. The number of hydrogen-bond donors (Lipinski definition) is 1. The van der Waals surface area contributed by atoms with E-state index in [-0.39, 0.29) is 18.5 Å². The normalized spacial score (nSPS) is 15.1. The standard InChI is InChI=1S/C16H21NO3S/c1-12-6-8-14(9-7-12)21-11-15(18)17(10-16(19)20)13-4-2-3-5-13/h6-9,13H,2-5,10-11H2,1H3,(H,19,20). The van der Waals surface area contributed by atoms with Crippen molar-refractivity contribution in [1.29, 1.82) is 0 Å². The van der Waals surface area contributed by atoms with Gasteiger partial charge in [0, 0.05) is 10.9 Å². The Morgan fingerprint density at radius 3 is 2.43 bits per heavy atom. The molecule has 0 heterocycles. The molecule has 114 valence electrons. The number of rotatable bonds is 6. The summed E-state index contributed by atoms with van der Waals surface area (Å²) in [6.45, 7) is 1.84. The monoisotopic (exact) mass is 307 g/mol. The lowest BCUT2D eigenvalue weighted by Gasteiger charge is -2.27. The van der Waals surface area contributed by atoms with E-state index in [2.05, 4.69) is 0 Å². The van der Waals surface area contributed by atoms with E-state index in [4.69, 9.17) is 5.11 Å². The van der Waals surface area contributed by atoms with Crippen LogP contribution in [0.5, 0.6) is 0 Å². The predicted molar refractivity (Wildman–Crippen MR) is 83.5 cm³/mol. The molecule has 1 N–H and O–H groups in total. The molecule has 1 aromatic rings. The number of amides is 1. The molecule has 2 rings (SSSR count). The van der Waals surface area contributed by atoms with Crippen LogP contribution in [-0.2, 0) is 9.59 Å². The molecular weight excluding hydrogens is 286 g/mol. The number of aliphatic carboxylic acids is 1. The van der Waals surface area contributed by atoms with Gasteiger partial charge in [-0.2, -0.15) is 0 Å². The molecule has 0 bridgehead atoms. The molecule has 1 aliphatic carbocycles. The lowest BCUT2D eigenvalue weighted by Crippen LogP contribution is -2.43. The predicted octanol–water partition coefficient (Wildman–Crippen LogP) is 2.94. The number of thioether (sulfide) groups is 1. The number of carbonyl (C=O) groups is 2. The van der Waals surface area contributed by atoms with Crippen molar-refractivity contribution in [1.82, 2.24) is 4.90 Å². The highest BCUT2D eigenvalue weighted by atomic mass is 32.2. The average molecular weight is 307 g/mol. The zero-order valence-electron chi connectivity index (χ0n) is 12.2. The van der Waals surface area contributed by atoms with Crippen LogP contribution in [0.4, 0.5) is 0 Å². The van der Waals surface area contributed by atoms with E-state index in [0.717, 1.165) is 30.6 Å². The van der Waals surface area contributed by atoms with Crippen molar-refractivity contribution in [3.63, 3.8) is 0 Å². The van der Waals surface area contributed by atoms with Gasteiger partial charge in [-0.25, -0.2) is 0 Å². The van der Waals surface area contributed by atoms with Gasteiger partial charge in [-0.15, -0.1) is 11.8 Å². The van der Waals surface area contributed by atoms with E-state index in [0.29, 0.717) is 5.75 Å². The fourth-order valence-electron chi connectivity index (χ4n) is 2.65. The molecule has 5 heteroatoms. The quantitative estimate of drug-likeness (QED) is 0.821.